The summed E-state index contributed by atoms with van der Waals surface area (Å²) in [4.78, 5) is 14.5. The molecule has 2 aromatic carbocycles. The molecule has 3 rings (SSSR count). The van der Waals surface area contributed by atoms with Crippen LogP contribution in [0.25, 0.3) is 0 Å². The van der Waals surface area contributed by atoms with Crippen molar-refractivity contribution in [2.75, 3.05) is 42.3 Å². The van der Waals surface area contributed by atoms with Crippen LogP contribution in [0.4, 0.5) is 15.8 Å². The molecule has 1 aliphatic heterocycles. The third kappa shape index (κ3) is 5.13. The van der Waals surface area contributed by atoms with Crippen LogP contribution in [0.15, 0.2) is 42.5 Å². The smallest absolute Gasteiger partial charge is 0.234 e. The summed E-state index contributed by atoms with van der Waals surface area (Å²) in [5, 5.41) is 3.57. The highest BCUT2D eigenvalue weighted by molar-refractivity contribution is 7.99. The van der Waals surface area contributed by atoms with Gasteiger partial charge in [0, 0.05) is 18.8 Å². The lowest BCUT2D eigenvalue weighted by atomic mass is 10.2. The fourth-order valence-electron chi connectivity index (χ4n) is 2.75. The third-order valence-electron chi connectivity index (χ3n) is 4.00. The Morgan fingerprint density at radius 2 is 1.92 bits per heavy atom. The maximum absolute atomic E-state index is 12.9. The first kappa shape index (κ1) is 19.0. The summed E-state index contributed by atoms with van der Waals surface area (Å²) in [6.45, 7) is 2.77. The summed E-state index contributed by atoms with van der Waals surface area (Å²) in [6.07, 6.45) is 0. The quantitative estimate of drug-likeness (QED) is 0.797. The largest absolute Gasteiger partial charge is 0.378 e. The van der Waals surface area contributed by atoms with Crippen molar-refractivity contribution < 1.29 is 13.9 Å². The molecule has 7 heteroatoms. The van der Waals surface area contributed by atoms with Gasteiger partial charge in [-0.25, -0.2) is 4.39 Å². The Morgan fingerprint density at radius 3 is 2.65 bits per heavy atom. The predicted molar refractivity (Wildman–Crippen MR) is 106 cm³/mol. The van der Waals surface area contributed by atoms with E-state index in [0.717, 1.165) is 24.3 Å². The fraction of sp³-hybridized carbons (Fsp3) is 0.316. The lowest BCUT2D eigenvalue weighted by molar-refractivity contribution is -0.113. The highest BCUT2D eigenvalue weighted by Gasteiger charge is 2.19. The highest BCUT2D eigenvalue weighted by atomic mass is 35.5. The van der Waals surface area contributed by atoms with E-state index >= 15 is 0 Å². The molecule has 1 saturated heterocycles. The van der Waals surface area contributed by atoms with E-state index in [1.54, 1.807) is 12.1 Å². The number of carbonyl (C=O) groups excluding carboxylic acids is 1. The van der Waals surface area contributed by atoms with Crippen LogP contribution in [0.2, 0.25) is 5.02 Å². The minimum atomic E-state index is -0.256. The number of morpholine rings is 1. The number of para-hydroxylation sites is 1. The Balaban J connectivity index is 1.58. The maximum atomic E-state index is 12.9. The molecule has 1 amide bonds. The number of hydrogen-bond donors (Lipinski definition) is 1. The van der Waals surface area contributed by atoms with Crippen LogP contribution in [0, 0.1) is 5.82 Å². The van der Waals surface area contributed by atoms with Crippen molar-refractivity contribution in [3.05, 3.63) is 58.9 Å². The first-order valence-electron chi connectivity index (χ1n) is 8.37. The van der Waals surface area contributed by atoms with Crippen molar-refractivity contribution >= 4 is 40.6 Å². The number of carbonyl (C=O) groups is 1. The molecule has 4 nitrogen and oxygen atoms in total. The molecule has 0 aromatic heterocycles. The topological polar surface area (TPSA) is 41.6 Å². The van der Waals surface area contributed by atoms with Crippen molar-refractivity contribution in [1.29, 1.82) is 0 Å². The molecule has 26 heavy (non-hydrogen) atoms. The van der Waals surface area contributed by atoms with Gasteiger partial charge in [-0.1, -0.05) is 29.8 Å². The number of thioether (sulfide) groups is 1. The molecule has 0 unspecified atom stereocenters. The van der Waals surface area contributed by atoms with Gasteiger partial charge in [0.15, 0.2) is 0 Å². The standard InChI is InChI=1S/C19H20ClFN2O2S/c20-16-2-1-3-17(19(16)23-8-10-25-11-9-23)22-18(24)13-26-12-14-4-6-15(21)7-5-14/h1-7H,8-13H2,(H,22,24). The molecular formula is C19H20ClFN2O2S. The number of halogens is 2. The number of nitrogens with one attached hydrogen (secondary N) is 1. The molecule has 0 atom stereocenters. The van der Waals surface area contributed by atoms with Crippen LogP contribution < -0.4 is 10.2 Å². The van der Waals surface area contributed by atoms with Gasteiger partial charge in [0.2, 0.25) is 5.91 Å². The summed E-state index contributed by atoms with van der Waals surface area (Å²) in [5.74, 6) is 0.619. The third-order valence-corrected chi connectivity index (χ3v) is 5.31. The number of rotatable bonds is 6. The zero-order chi connectivity index (χ0) is 18.4. The Labute approximate surface area is 161 Å². The summed E-state index contributed by atoms with van der Waals surface area (Å²) in [7, 11) is 0. The van der Waals surface area contributed by atoms with E-state index in [1.165, 1.54) is 23.9 Å². The number of ether oxygens (including phenoxy) is 1. The predicted octanol–water partition coefficient (Wildman–Crippen LogP) is 4.19. The average molecular weight is 395 g/mol. The number of amides is 1. The Hall–Kier alpha value is -1.76. The molecule has 138 valence electrons. The monoisotopic (exact) mass is 394 g/mol. The zero-order valence-electron chi connectivity index (χ0n) is 14.2. The number of benzene rings is 2. The average Bonchev–Trinajstić information content (AvgIpc) is 2.64. The normalized spacial score (nSPS) is 14.3. The van der Waals surface area contributed by atoms with Crippen molar-refractivity contribution in [2.24, 2.45) is 0 Å². The molecule has 1 N–H and O–H groups in total. The van der Waals surface area contributed by atoms with Gasteiger partial charge in [0.25, 0.3) is 0 Å². The van der Waals surface area contributed by atoms with Gasteiger partial charge in [-0.15, -0.1) is 11.8 Å². The van der Waals surface area contributed by atoms with Crippen molar-refractivity contribution in [2.45, 2.75) is 5.75 Å². The zero-order valence-corrected chi connectivity index (χ0v) is 15.8. The second-order valence-electron chi connectivity index (χ2n) is 5.90. The van der Waals surface area contributed by atoms with E-state index in [2.05, 4.69) is 10.2 Å². The first-order valence-corrected chi connectivity index (χ1v) is 9.90. The van der Waals surface area contributed by atoms with Gasteiger partial charge < -0.3 is 15.0 Å². The number of hydrogen-bond acceptors (Lipinski definition) is 4. The molecule has 1 aliphatic rings. The fourth-order valence-corrected chi connectivity index (χ4v) is 3.83. The number of nitrogens with zero attached hydrogens (tertiary/aromatic N) is 1. The van der Waals surface area contributed by atoms with Gasteiger partial charge in [-0.05, 0) is 29.8 Å². The highest BCUT2D eigenvalue weighted by Crippen LogP contribution is 2.34. The molecule has 0 radical (unpaired) electrons. The van der Waals surface area contributed by atoms with Crippen LogP contribution in [0.1, 0.15) is 5.56 Å². The summed E-state index contributed by atoms with van der Waals surface area (Å²) < 4.78 is 18.3. The Kier molecular flexibility index (Phi) is 6.77. The summed E-state index contributed by atoms with van der Waals surface area (Å²) in [6, 6.07) is 11.8. The number of anilines is 2. The minimum Gasteiger partial charge on any atom is -0.378 e. The van der Waals surface area contributed by atoms with Crippen LogP contribution in [0.3, 0.4) is 0 Å². The van der Waals surface area contributed by atoms with Crippen LogP contribution in [0.5, 0.6) is 0 Å². The molecule has 2 aromatic rings. The Bertz CT molecular complexity index is 752. The second kappa shape index (κ2) is 9.26. The summed E-state index contributed by atoms with van der Waals surface area (Å²) >= 11 is 7.86. The summed E-state index contributed by atoms with van der Waals surface area (Å²) in [5.41, 5.74) is 2.54. The second-order valence-corrected chi connectivity index (χ2v) is 7.30. The van der Waals surface area contributed by atoms with Gasteiger partial charge in [-0.3, -0.25) is 4.79 Å². The first-order chi connectivity index (χ1) is 12.6. The van der Waals surface area contributed by atoms with E-state index in [-0.39, 0.29) is 11.7 Å². The molecule has 1 fully saturated rings. The van der Waals surface area contributed by atoms with Gasteiger partial charge in [0.05, 0.1) is 35.4 Å². The van der Waals surface area contributed by atoms with Crippen molar-refractivity contribution in [3.8, 4) is 0 Å². The lowest BCUT2D eigenvalue weighted by Gasteiger charge is -2.31. The van der Waals surface area contributed by atoms with E-state index in [4.69, 9.17) is 16.3 Å². The molecule has 0 saturated carbocycles. The molecule has 0 spiro atoms. The van der Waals surface area contributed by atoms with Crippen molar-refractivity contribution in [3.63, 3.8) is 0 Å². The van der Waals surface area contributed by atoms with Crippen LogP contribution >= 0.6 is 23.4 Å². The van der Waals surface area contributed by atoms with E-state index in [9.17, 15) is 9.18 Å². The lowest BCUT2D eigenvalue weighted by Crippen LogP contribution is -2.37. The van der Waals surface area contributed by atoms with Crippen LogP contribution in [-0.4, -0.2) is 38.0 Å². The molecule has 0 bridgehead atoms. The molecule has 0 aliphatic carbocycles. The van der Waals surface area contributed by atoms with E-state index in [1.807, 2.05) is 18.2 Å². The van der Waals surface area contributed by atoms with Gasteiger partial charge in [-0.2, -0.15) is 0 Å². The van der Waals surface area contributed by atoms with Gasteiger partial charge in [0.1, 0.15) is 5.82 Å². The molecule has 1 heterocycles. The van der Waals surface area contributed by atoms with Gasteiger partial charge >= 0.3 is 0 Å². The Morgan fingerprint density at radius 1 is 1.19 bits per heavy atom. The van der Waals surface area contributed by atoms with E-state index < -0.39 is 0 Å². The maximum Gasteiger partial charge on any atom is 0.234 e. The van der Waals surface area contributed by atoms with Crippen molar-refractivity contribution in [1.82, 2.24) is 0 Å². The molecular weight excluding hydrogens is 375 g/mol. The van der Waals surface area contributed by atoms with E-state index in [0.29, 0.717) is 35.4 Å². The SMILES string of the molecule is O=C(CSCc1ccc(F)cc1)Nc1cccc(Cl)c1N1CCOCC1. The minimum absolute atomic E-state index is 0.0890. The van der Waals surface area contributed by atoms with Crippen LogP contribution in [-0.2, 0) is 15.3 Å².